The van der Waals surface area contributed by atoms with Crippen molar-refractivity contribution in [3.8, 4) is 5.75 Å². The summed E-state index contributed by atoms with van der Waals surface area (Å²) >= 11 is 11.6. The van der Waals surface area contributed by atoms with Crippen LogP contribution in [0.15, 0.2) is 18.2 Å². The van der Waals surface area contributed by atoms with E-state index >= 15 is 0 Å². The Labute approximate surface area is 110 Å². The third-order valence-corrected chi connectivity index (χ3v) is 2.98. The molecule has 1 aromatic carbocycles. The van der Waals surface area contributed by atoms with Crippen LogP contribution in [0.3, 0.4) is 0 Å². The van der Waals surface area contributed by atoms with Crippen LogP contribution in [0, 0.1) is 5.41 Å². The lowest BCUT2D eigenvalue weighted by molar-refractivity contribution is -0.130. The largest absolute Gasteiger partial charge is 0.492 e. The Balaban J connectivity index is 2.67. The van der Waals surface area contributed by atoms with Crippen molar-refractivity contribution >= 4 is 29.1 Å². The summed E-state index contributed by atoms with van der Waals surface area (Å²) in [6.45, 7) is 3.65. The van der Waals surface area contributed by atoms with Crippen LogP contribution in [0.4, 0.5) is 0 Å². The van der Waals surface area contributed by atoms with Gasteiger partial charge in [-0.25, -0.2) is 5.84 Å². The minimum atomic E-state index is -0.721. The molecule has 6 heteroatoms. The standard InChI is InChI=1S/C11H14Cl2N2O2/c1-11(2,10(16)15-14)6-17-7-3-4-8(12)9(13)5-7/h3-5H,6,14H2,1-2H3,(H,15,16). The summed E-state index contributed by atoms with van der Waals surface area (Å²) < 4.78 is 5.47. The van der Waals surface area contributed by atoms with Crippen molar-refractivity contribution in [2.24, 2.45) is 11.3 Å². The van der Waals surface area contributed by atoms with Crippen molar-refractivity contribution in [1.29, 1.82) is 0 Å². The van der Waals surface area contributed by atoms with Crippen LogP contribution < -0.4 is 16.0 Å². The van der Waals surface area contributed by atoms with Crippen molar-refractivity contribution < 1.29 is 9.53 Å². The number of ether oxygens (including phenoxy) is 1. The van der Waals surface area contributed by atoms with Gasteiger partial charge in [-0.3, -0.25) is 10.2 Å². The molecule has 1 aromatic rings. The van der Waals surface area contributed by atoms with Gasteiger partial charge in [0.05, 0.1) is 15.5 Å². The first-order valence-electron chi connectivity index (χ1n) is 4.96. The minimum absolute atomic E-state index is 0.188. The van der Waals surface area contributed by atoms with Crippen molar-refractivity contribution in [3.63, 3.8) is 0 Å². The molecule has 0 fully saturated rings. The van der Waals surface area contributed by atoms with E-state index in [9.17, 15) is 4.79 Å². The lowest BCUT2D eigenvalue weighted by atomic mass is 9.94. The highest BCUT2D eigenvalue weighted by atomic mass is 35.5. The van der Waals surface area contributed by atoms with Gasteiger partial charge in [0, 0.05) is 6.07 Å². The second-order valence-electron chi connectivity index (χ2n) is 4.22. The van der Waals surface area contributed by atoms with Gasteiger partial charge in [-0.15, -0.1) is 0 Å². The first kappa shape index (κ1) is 14.1. The molecular weight excluding hydrogens is 263 g/mol. The third kappa shape index (κ3) is 3.77. The molecule has 1 rings (SSSR count). The summed E-state index contributed by atoms with van der Waals surface area (Å²) in [6.07, 6.45) is 0. The van der Waals surface area contributed by atoms with E-state index in [4.69, 9.17) is 33.8 Å². The summed E-state index contributed by atoms with van der Waals surface area (Å²) in [5.41, 5.74) is 1.37. The molecule has 0 heterocycles. The van der Waals surface area contributed by atoms with Gasteiger partial charge in [-0.1, -0.05) is 23.2 Å². The molecule has 0 bridgehead atoms. The Kier molecular flexibility index (Phi) is 4.62. The van der Waals surface area contributed by atoms with Crippen LogP contribution in [0.1, 0.15) is 13.8 Å². The quantitative estimate of drug-likeness (QED) is 0.504. The van der Waals surface area contributed by atoms with Crippen molar-refractivity contribution in [2.45, 2.75) is 13.8 Å². The highest BCUT2D eigenvalue weighted by Crippen LogP contribution is 2.27. The number of benzene rings is 1. The Hall–Kier alpha value is -0.970. The molecular formula is C11H14Cl2N2O2. The fourth-order valence-electron chi connectivity index (χ4n) is 1.09. The van der Waals surface area contributed by atoms with Gasteiger partial charge < -0.3 is 4.74 Å². The highest BCUT2D eigenvalue weighted by Gasteiger charge is 2.28. The summed E-state index contributed by atoms with van der Waals surface area (Å²) in [5, 5.41) is 0.864. The zero-order chi connectivity index (χ0) is 13.1. The molecule has 4 nitrogen and oxygen atoms in total. The molecule has 0 aromatic heterocycles. The smallest absolute Gasteiger partial charge is 0.242 e. The number of amides is 1. The molecule has 0 aliphatic heterocycles. The molecule has 0 aliphatic rings. The fourth-order valence-corrected chi connectivity index (χ4v) is 1.38. The molecule has 3 N–H and O–H groups in total. The molecule has 0 saturated carbocycles. The predicted molar refractivity (Wildman–Crippen MR) is 68.1 cm³/mol. The van der Waals surface area contributed by atoms with E-state index in [1.165, 1.54) is 0 Å². The van der Waals surface area contributed by atoms with Gasteiger partial charge in [0.25, 0.3) is 0 Å². The van der Waals surface area contributed by atoms with Crippen molar-refractivity contribution in [1.82, 2.24) is 5.43 Å². The summed E-state index contributed by atoms with van der Waals surface area (Å²) in [6, 6.07) is 4.92. The van der Waals surface area contributed by atoms with Crippen molar-refractivity contribution in [3.05, 3.63) is 28.2 Å². The average Bonchev–Trinajstić information content (AvgIpc) is 2.29. The van der Waals surface area contributed by atoms with E-state index in [1.807, 2.05) is 0 Å². The van der Waals surface area contributed by atoms with Crippen LogP contribution >= 0.6 is 23.2 Å². The number of nitrogens with one attached hydrogen (secondary N) is 1. The third-order valence-electron chi connectivity index (χ3n) is 2.24. The first-order chi connectivity index (χ1) is 7.86. The second kappa shape index (κ2) is 5.58. The van der Waals surface area contributed by atoms with E-state index in [0.717, 1.165) is 0 Å². The van der Waals surface area contributed by atoms with Crippen molar-refractivity contribution in [2.75, 3.05) is 6.61 Å². The number of hydrogen-bond acceptors (Lipinski definition) is 3. The van der Waals surface area contributed by atoms with Crippen LogP contribution in [-0.4, -0.2) is 12.5 Å². The Morgan fingerprint density at radius 1 is 1.41 bits per heavy atom. The monoisotopic (exact) mass is 276 g/mol. The van der Waals surface area contributed by atoms with E-state index in [1.54, 1.807) is 32.0 Å². The number of halogens is 2. The van der Waals surface area contributed by atoms with Gasteiger partial charge >= 0.3 is 0 Å². The van der Waals surface area contributed by atoms with Gasteiger partial charge in [0.1, 0.15) is 12.4 Å². The van der Waals surface area contributed by atoms with E-state index in [0.29, 0.717) is 15.8 Å². The maximum absolute atomic E-state index is 11.4. The zero-order valence-electron chi connectivity index (χ0n) is 9.59. The summed E-state index contributed by atoms with van der Waals surface area (Å²) in [4.78, 5) is 11.4. The van der Waals surface area contributed by atoms with Crippen LogP contribution in [0.2, 0.25) is 10.0 Å². The molecule has 0 unspecified atom stereocenters. The molecule has 1 amide bonds. The van der Waals surface area contributed by atoms with Gasteiger partial charge in [-0.05, 0) is 26.0 Å². The molecule has 0 radical (unpaired) electrons. The normalized spacial score (nSPS) is 11.1. The maximum Gasteiger partial charge on any atom is 0.242 e. The Morgan fingerprint density at radius 2 is 2.06 bits per heavy atom. The zero-order valence-corrected chi connectivity index (χ0v) is 11.1. The Morgan fingerprint density at radius 3 is 2.59 bits per heavy atom. The Bertz CT molecular complexity index is 422. The number of hydrogen-bond donors (Lipinski definition) is 2. The van der Waals surface area contributed by atoms with Gasteiger partial charge in [-0.2, -0.15) is 0 Å². The predicted octanol–water partition coefficient (Wildman–Crippen LogP) is 2.39. The number of rotatable bonds is 4. The lowest BCUT2D eigenvalue weighted by Gasteiger charge is -2.22. The van der Waals surface area contributed by atoms with Crippen LogP contribution in [0.5, 0.6) is 5.75 Å². The first-order valence-corrected chi connectivity index (χ1v) is 5.71. The SMILES string of the molecule is CC(C)(COc1ccc(Cl)c(Cl)c1)C(=O)NN. The number of hydrazine groups is 1. The minimum Gasteiger partial charge on any atom is -0.492 e. The topological polar surface area (TPSA) is 64.3 Å². The van der Waals surface area contributed by atoms with E-state index in [-0.39, 0.29) is 12.5 Å². The number of carbonyl (C=O) groups is 1. The molecule has 0 spiro atoms. The molecule has 94 valence electrons. The van der Waals surface area contributed by atoms with Gasteiger partial charge in [0.15, 0.2) is 0 Å². The average molecular weight is 277 g/mol. The number of carbonyl (C=O) groups excluding carboxylic acids is 1. The molecule has 0 aliphatic carbocycles. The maximum atomic E-state index is 11.4. The summed E-state index contributed by atoms with van der Waals surface area (Å²) in [7, 11) is 0. The number of nitrogens with two attached hydrogens (primary N) is 1. The van der Waals surface area contributed by atoms with E-state index < -0.39 is 5.41 Å². The fraction of sp³-hybridized carbons (Fsp3) is 0.364. The van der Waals surface area contributed by atoms with Crippen LogP contribution in [-0.2, 0) is 4.79 Å². The van der Waals surface area contributed by atoms with Crippen LogP contribution in [0.25, 0.3) is 0 Å². The molecule has 17 heavy (non-hydrogen) atoms. The van der Waals surface area contributed by atoms with Gasteiger partial charge in [0.2, 0.25) is 5.91 Å². The second-order valence-corrected chi connectivity index (χ2v) is 5.04. The molecule has 0 saturated heterocycles. The summed E-state index contributed by atoms with van der Waals surface area (Å²) in [5.74, 6) is 5.34. The highest BCUT2D eigenvalue weighted by molar-refractivity contribution is 6.42. The van der Waals surface area contributed by atoms with E-state index in [2.05, 4.69) is 5.43 Å². The lowest BCUT2D eigenvalue weighted by Crippen LogP contribution is -2.44. The molecule has 0 atom stereocenters.